The van der Waals surface area contributed by atoms with E-state index >= 15 is 0 Å². The second kappa shape index (κ2) is 3.63. The van der Waals surface area contributed by atoms with Crippen molar-refractivity contribution in [3.05, 3.63) is 35.6 Å². The van der Waals surface area contributed by atoms with Crippen molar-refractivity contribution in [2.75, 3.05) is 7.05 Å². The van der Waals surface area contributed by atoms with E-state index < -0.39 is 0 Å². The summed E-state index contributed by atoms with van der Waals surface area (Å²) in [5.74, 6) is -0.240. The Bertz CT molecular complexity index is 387. The first-order chi connectivity index (χ1) is 7.22. The van der Waals surface area contributed by atoms with Crippen molar-refractivity contribution in [3.8, 4) is 6.07 Å². The predicted molar refractivity (Wildman–Crippen MR) is 55.5 cm³/mol. The summed E-state index contributed by atoms with van der Waals surface area (Å²) >= 11 is 0. The van der Waals surface area contributed by atoms with Crippen LogP contribution in [-0.4, -0.2) is 7.05 Å². The highest BCUT2D eigenvalue weighted by Crippen LogP contribution is 2.54. The molecule has 0 amide bonds. The Morgan fingerprint density at radius 1 is 1.40 bits per heavy atom. The molecule has 0 heterocycles. The van der Waals surface area contributed by atoms with Gasteiger partial charge in [0.2, 0.25) is 0 Å². The minimum absolute atomic E-state index is 0.0168. The molecule has 3 heteroatoms. The topological polar surface area (TPSA) is 35.8 Å². The van der Waals surface area contributed by atoms with E-state index in [1.165, 1.54) is 12.1 Å². The number of hydrogen-bond donors (Lipinski definition) is 1. The van der Waals surface area contributed by atoms with Crippen molar-refractivity contribution in [1.29, 1.82) is 5.26 Å². The number of nitriles is 1. The lowest BCUT2D eigenvalue weighted by atomic mass is 9.91. The van der Waals surface area contributed by atoms with E-state index in [2.05, 4.69) is 11.4 Å². The first-order valence-corrected chi connectivity index (χ1v) is 5.06. The van der Waals surface area contributed by atoms with Crippen LogP contribution in [-0.2, 0) is 0 Å². The fourth-order valence-electron chi connectivity index (χ4n) is 2.02. The third-order valence-corrected chi connectivity index (χ3v) is 3.06. The standard InChI is InChI=1S/C12H13FN2/c1-15-11(12(8-14)6-7-12)9-2-4-10(13)5-3-9/h2-5,11,15H,6-7H2,1H3. The van der Waals surface area contributed by atoms with Crippen LogP contribution in [0.3, 0.4) is 0 Å². The molecule has 0 spiro atoms. The first-order valence-electron chi connectivity index (χ1n) is 5.06. The van der Waals surface area contributed by atoms with Crippen molar-refractivity contribution in [3.63, 3.8) is 0 Å². The largest absolute Gasteiger partial charge is 0.312 e. The van der Waals surface area contributed by atoms with Gasteiger partial charge in [-0.25, -0.2) is 4.39 Å². The first kappa shape index (κ1) is 10.1. The molecular formula is C12H13FN2. The van der Waals surface area contributed by atoms with Crippen molar-refractivity contribution in [1.82, 2.24) is 5.32 Å². The number of halogens is 1. The third kappa shape index (κ3) is 1.73. The van der Waals surface area contributed by atoms with E-state index in [4.69, 9.17) is 5.26 Å². The smallest absolute Gasteiger partial charge is 0.123 e. The highest BCUT2D eigenvalue weighted by atomic mass is 19.1. The second-order valence-corrected chi connectivity index (χ2v) is 4.04. The monoisotopic (exact) mass is 204 g/mol. The Labute approximate surface area is 88.7 Å². The molecule has 1 atom stereocenters. The van der Waals surface area contributed by atoms with Crippen LogP contribution in [0.1, 0.15) is 24.4 Å². The highest BCUT2D eigenvalue weighted by Gasteiger charge is 2.50. The van der Waals surface area contributed by atoms with Crippen LogP contribution in [0.5, 0.6) is 0 Å². The fourth-order valence-corrected chi connectivity index (χ4v) is 2.02. The summed E-state index contributed by atoms with van der Waals surface area (Å²) in [6, 6.07) is 8.74. The van der Waals surface area contributed by atoms with Crippen LogP contribution in [0, 0.1) is 22.6 Å². The number of hydrogen-bond acceptors (Lipinski definition) is 2. The summed E-state index contributed by atoms with van der Waals surface area (Å²) in [5.41, 5.74) is 0.713. The summed E-state index contributed by atoms with van der Waals surface area (Å²) in [7, 11) is 1.84. The van der Waals surface area contributed by atoms with Gasteiger partial charge in [0.1, 0.15) is 5.82 Å². The van der Waals surface area contributed by atoms with Crippen LogP contribution in [0.4, 0.5) is 4.39 Å². The van der Waals surface area contributed by atoms with Gasteiger partial charge in [-0.2, -0.15) is 5.26 Å². The Morgan fingerprint density at radius 2 is 2.00 bits per heavy atom. The molecule has 0 aliphatic heterocycles. The Morgan fingerprint density at radius 3 is 2.40 bits per heavy atom. The number of nitrogens with zero attached hydrogens (tertiary/aromatic N) is 1. The van der Waals surface area contributed by atoms with Crippen LogP contribution in [0.2, 0.25) is 0 Å². The molecule has 78 valence electrons. The molecule has 2 rings (SSSR count). The van der Waals surface area contributed by atoms with Gasteiger partial charge in [0.05, 0.1) is 17.5 Å². The van der Waals surface area contributed by atoms with E-state index in [1.54, 1.807) is 12.1 Å². The molecular weight excluding hydrogens is 191 g/mol. The molecule has 0 radical (unpaired) electrons. The predicted octanol–water partition coefficient (Wildman–Crippen LogP) is 2.39. The second-order valence-electron chi connectivity index (χ2n) is 4.04. The van der Waals surface area contributed by atoms with E-state index in [9.17, 15) is 4.39 Å². The molecule has 1 N–H and O–H groups in total. The van der Waals surface area contributed by atoms with Gasteiger partial charge < -0.3 is 5.32 Å². The van der Waals surface area contributed by atoms with E-state index in [-0.39, 0.29) is 17.3 Å². The van der Waals surface area contributed by atoms with Crippen LogP contribution < -0.4 is 5.32 Å². The molecule has 15 heavy (non-hydrogen) atoms. The van der Waals surface area contributed by atoms with Gasteiger partial charge in [0, 0.05) is 0 Å². The van der Waals surface area contributed by atoms with E-state index in [0.29, 0.717) is 0 Å². The molecule has 1 aromatic rings. The zero-order valence-corrected chi connectivity index (χ0v) is 8.63. The van der Waals surface area contributed by atoms with Crippen molar-refractivity contribution in [2.24, 2.45) is 5.41 Å². The SMILES string of the molecule is CNC(c1ccc(F)cc1)C1(C#N)CC1. The Balaban J connectivity index is 2.28. The van der Waals surface area contributed by atoms with Gasteiger partial charge in [0.25, 0.3) is 0 Å². The summed E-state index contributed by atoms with van der Waals surface area (Å²) < 4.78 is 12.8. The average Bonchev–Trinajstić information content (AvgIpc) is 3.03. The minimum Gasteiger partial charge on any atom is -0.312 e. The van der Waals surface area contributed by atoms with E-state index in [1.807, 2.05) is 7.05 Å². The van der Waals surface area contributed by atoms with Gasteiger partial charge >= 0.3 is 0 Å². The summed E-state index contributed by atoms with van der Waals surface area (Å²) in [6.45, 7) is 0. The molecule has 1 fully saturated rings. The van der Waals surface area contributed by atoms with Gasteiger partial charge in [-0.05, 0) is 37.6 Å². The maximum Gasteiger partial charge on any atom is 0.123 e. The lowest BCUT2D eigenvalue weighted by Crippen LogP contribution is -2.25. The highest BCUT2D eigenvalue weighted by molar-refractivity contribution is 5.29. The van der Waals surface area contributed by atoms with Crippen molar-refractivity contribution < 1.29 is 4.39 Å². The average molecular weight is 204 g/mol. The lowest BCUT2D eigenvalue weighted by molar-refractivity contribution is 0.443. The molecule has 1 aliphatic carbocycles. The summed E-state index contributed by atoms with van der Waals surface area (Å²) in [6.07, 6.45) is 1.85. The quantitative estimate of drug-likeness (QED) is 0.820. The molecule has 0 aromatic heterocycles. The van der Waals surface area contributed by atoms with Crippen molar-refractivity contribution in [2.45, 2.75) is 18.9 Å². The normalized spacial score (nSPS) is 19.3. The molecule has 1 aromatic carbocycles. The molecule has 0 bridgehead atoms. The van der Waals surface area contributed by atoms with Crippen molar-refractivity contribution >= 4 is 0 Å². The fraction of sp³-hybridized carbons (Fsp3) is 0.417. The van der Waals surface area contributed by atoms with Crippen LogP contribution >= 0.6 is 0 Å². The lowest BCUT2D eigenvalue weighted by Gasteiger charge is -2.21. The van der Waals surface area contributed by atoms with Crippen LogP contribution in [0.25, 0.3) is 0 Å². The molecule has 1 unspecified atom stereocenters. The molecule has 1 aliphatic rings. The zero-order chi connectivity index (χ0) is 10.9. The summed E-state index contributed by atoms with van der Waals surface area (Å²) in [4.78, 5) is 0. The van der Waals surface area contributed by atoms with Gasteiger partial charge in [0.15, 0.2) is 0 Å². The van der Waals surface area contributed by atoms with Gasteiger partial charge in [-0.3, -0.25) is 0 Å². The zero-order valence-electron chi connectivity index (χ0n) is 8.63. The van der Waals surface area contributed by atoms with E-state index in [0.717, 1.165) is 18.4 Å². The van der Waals surface area contributed by atoms with Gasteiger partial charge in [-0.1, -0.05) is 12.1 Å². The van der Waals surface area contributed by atoms with Crippen LogP contribution in [0.15, 0.2) is 24.3 Å². The number of rotatable bonds is 3. The molecule has 2 nitrogen and oxygen atoms in total. The Hall–Kier alpha value is -1.40. The molecule has 1 saturated carbocycles. The Kier molecular flexibility index (Phi) is 2.45. The maximum atomic E-state index is 12.8. The summed E-state index contributed by atoms with van der Waals surface area (Å²) in [5, 5.41) is 12.3. The third-order valence-electron chi connectivity index (χ3n) is 3.06. The number of nitrogens with one attached hydrogen (secondary N) is 1. The molecule has 0 saturated heterocycles. The number of benzene rings is 1. The van der Waals surface area contributed by atoms with Gasteiger partial charge in [-0.15, -0.1) is 0 Å². The minimum atomic E-state index is -0.271. The maximum absolute atomic E-state index is 12.8.